The van der Waals surface area contributed by atoms with Crippen LogP contribution < -0.4 is 17.2 Å². The van der Waals surface area contributed by atoms with Gasteiger partial charge in [0.25, 0.3) is 0 Å². The van der Waals surface area contributed by atoms with Crippen LogP contribution in [0.1, 0.15) is 115 Å². The first-order valence-electron chi connectivity index (χ1n) is 11.6. The second-order valence-corrected chi connectivity index (χ2v) is 8.17. The van der Waals surface area contributed by atoms with Crippen LogP contribution in [-0.4, -0.2) is 0 Å². The number of hydrogen-bond donors (Lipinski definition) is 3. The van der Waals surface area contributed by atoms with Gasteiger partial charge in [0.05, 0.1) is 0 Å². The van der Waals surface area contributed by atoms with Crippen molar-refractivity contribution < 1.29 is 0 Å². The molecule has 0 fully saturated rings. The van der Waals surface area contributed by atoms with Crippen LogP contribution in [0.3, 0.4) is 0 Å². The Morgan fingerprint density at radius 1 is 0.519 bits per heavy atom. The van der Waals surface area contributed by atoms with Gasteiger partial charge in [0, 0.05) is 17.1 Å². The van der Waals surface area contributed by atoms with Gasteiger partial charge in [-0.2, -0.15) is 0 Å². The summed E-state index contributed by atoms with van der Waals surface area (Å²) in [6, 6.07) is 1.93. The van der Waals surface area contributed by atoms with Crippen molar-refractivity contribution in [3.63, 3.8) is 0 Å². The zero-order chi connectivity index (χ0) is 19.9. The predicted molar refractivity (Wildman–Crippen MR) is 123 cm³/mol. The van der Waals surface area contributed by atoms with Gasteiger partial charge in [-0.05, 0) is 42.9 Å². The number of unbranched alkanes of at least 4 members (excludes halogenated alkanes) is 12. The first-order valence-corrected chi connectivity index (χ1v) is 11.6. The number of rotatable bonds is 16. The highest BCUT2D eigenvalue weighted by Crippen LogP contribution is 2.32. The molecule has 0 aromatic heterocycles. The molecule has 0 aliphatic rings. The SMILES string of the molecule is CCCCCCCCCc1c(N)cc(N)c(CCCCCCCCC)c1N. The molecule has 156 valence electrons. The van der Waals surface area contributed by atoms with E-state index in [1.165, 1.54) is 89.9 Å². The van der Waals surface area contributed by atoms with Gasteiger partial charge in [0.1, 0.15) is 0 Å². The van der Waals surface area contributed by atoms with E-state index < -0.39 is 0 Å². The quantitative estimate of drug-likeness (QED) is 0.214. The van der Waals surface area contributed by atoms with Crippen molar-refractivity contribution in [2.75, 3.05) is 17.2 Å². The molecule has 1 aromatic carbocycles. The van der Waals surface area contributed by atoms with Crippen LogP contribution in [0.5, 0.6) is 0 Å². The second kappa shape index (κ2) is 14.6. The average molecular weight is 376 g/mol. The maximum atomic E-state index is 6.49. The number of hydrogen-bond acceptors (Lipinski definition) is 3. The topological polar surface area (TPSA) is 78.1 Å². The molecule has 0 aliphatic carbocycles. The number of nitrogen functional groups attached to an aromatic ring is 3. The third-order valence-corrected chi connectivity index (χ3v) is 5.72. The van der Waals surface area contributed by atoms with Crippen LogP contribution in [-0.2, 0) is 12.8 Å². The molecule has 3 heteroatoms. The van der Waals surface area contributed by atoms with Gasteiger partial charge in [-0.25, -0.2) is 0 Å². The van der Waals surface area contributed by atoms with E-state index in [0.717, 1.165) is 41.0 Å². The van der Waals surface area contributed by atoms with Crippen LogP contribution in [0, 0.1) is 0 Å². The Labute approximate surface area is 168 Å². The summed E-state index contributed by atoms with van der Waals surface area (Å²) in [6.07, 6.45) is 20.2. The second-order valence-electron chi connectivity index (χ2n) is 8.17. The smallest absolute Gasteiger partial charge is 0.0420 e. The maximum Gasteiger partial charge on any atom is 0.0420 e. The summed E-state index contributed by atoms with van der Waals surface area (Å²) in [4.78, 5) is 0. The van der Waals surface area contributed by atoms with Gasteiger partial charge >= 0.3 is 0 Å². The number of nitrogens with two attached hydrogens (primary N) is 3. The highest BCUT2D eigenvalue weighted by atomic mass is 14.7. The van der Waals surface area contributed by atoms with Gasteiger partial charge in [-0.3, -0.25) is 0 Å². The fourth-order valence-corrected chi connectivity index (χ4v) is 3.91. The fraction of sp³-hybridized carbons (Fsp3) is 0.750. The molecule has 0 amide bonds. The Kier molecular flexibility index (Phi) is 12.8. The van der Waals surface area contributed by atoms with Crippen LogP contribution >= 0.6 is 0 Å². The molecule has 0 atom stereocenters. The molecule has 1 rings (SSSR count). The molecule has 0 spiro atoms. The highest BCUT2D eigenvalue weighted by Gasteiger charge is 2.13. The Hall–Kier alpha value is -1.38. The van der Waals surface area contributed by atoms with E-state index in [0.29, 0.717) is 0 Å². The molecule has 1 aromatic rings. The van der Waals surface area contributed by atoms with E-state index in [1.54, 1.807) is 0 Å². The van der Waals surface area contributed by atoms with Crippen molar-refractivity contribution in [3.8, 4) is 0 Å². The molecule has 3 nitrogen and oxygen atoms in total. The lowest BCUT2D eigenvalue weighted by atomic mass is 9.94. The summed E-state index contributed by atoms with van der Waals surface area (Å²) in [7, 11) is 0. The summed E-state index contributed by atoms with van der Waals surface area (Å²) in [5.74, 6) is 0. The highest BCUT2D eigenvalue weighted by molar-refractivity contribution is 5.74. The average Bonchev–Trinajstić information content (AvgIpc) is 2.64. The Bertz CT molecular complexity index is 469. The lowest BCUT2D eigenvalue weighted by Gasteiger charge is -2.16. The predicted octanol–water partition coefficient (Wildman–Crippen LogP) is 7.02. The minimum atomic E-state index is 0.777. The van der Waals surface area contributed by atoms with E-state index >= 15 is 0 Å². The molecule has 0 radical (unpaired) electrons. The van der Waals surface area contributed by atoms with Gasteiger partial charge in [0.2, 0.25) is 0 Å². The van der Waals surface area contributed by atoms with Gasteiger partial charge in [0.15, 0.2) is 0 Å². The van der Waals surface area contributed by atoms with Crippen molar-refractivity contribution >= 4 is 17.1 Å². The van der Waals surface area contributed by atoms with E-state index in [2.05, 4.69) is 13.8 Å². The zero-order valence-corrected chi connectivity index (χ0v) is 18.1. The third kappa shape index (κ3) is 9.39. The normalized spacial score (nSPS) is 11.2. The molecule has 27 heavy (non-hydrogen) atoms. The molecule has 0 heterocycles. The van der Waals surface area contributed by atoms with Crippen molar-refractivity contribution in [1.82, 2.24) is 0 Å². The van der Waals surface area contributed by atoms with Crippen LogP contribution in [0.15, 0.2) is 6.07 Å². The molecule has 0 bridgehead atoms. The lowest BCUT2D eigenvalue weighted by Crippen LogP contribution is -2.08. The van der Waals surface area contributed by atoms with Crippen molar-refractivity contribution in [2.45, 2.75) is 117 Å². The first-order chi connectivity index (χ1) is 13.1. The minimum absolute atomic E-state index is 0.777. The van der Waals surface area contributed by atoms with E-state index in [1.807, 2.05) is 6.07 Å². The maximum absolute atomic E-state index is 6.49. The molecular formula is C24H45N3. The van der Waals surface area contributed by atoms with Crippen LogP contribution in [0.25, 0.3) is 0 Å². The van der Waals surface area contributed by atoms with Crippen LogP contribution in [0.2, 0.25) is 0 Å². The third-order valence-electron chi connectivity index (χ3n) is 5.72. The molecule has 0 aliphatic heterocycles. The first kappa shape index (κ1) is 23.7. The lowest BCUT2D eigenvalue weighted by molar-refractivity contribution is 0.588. The van der Waals surface area contributed by atoms with Gasteiger partial charge in [-0.1, -0.05) is 90.9 Å². The van der Waals surface area contributed by atoms with Gasteiger partial charge in [-0.15, -0.1) is 0 Å². The number of anilines is 3. The summed E-state index contributed by atoms with van der Waals surface area (Å²) in [5.41, 5.74) is 23.6. The Balaban J connectivity index is 2.44. The summed E-state index contributed by atoms with van der Waals surface area (Å²) < 4.78 is 0. The van der Waals surface area contributed by atoms with Crippen molar-refractivity contribution in [1.29, 1.82) is 0 Å². The van der Waals surface area contributed by atoms with E-state index in [4.69, 9.17) is 17.2 Å². The molecule has 0 unspecified atom stereocenters. The summed E-state index contributed by atoms with van der Waals surface area (Å²) in [6.45, 7) is 4.52. The van der Waals surface area contributed by atoms with E-state index in [9.17, 15) is 0 Å². The zero-order valence-electron chi connectivity index (χ0n) is 18.1. The molecule has 0 saturated heterocycles. The van der Waals surface area contributed by atoms with Gasteiger partial charge < -0.3 is 17.2 Å². The molecular weight excluding hydrogens is 330 g/mol. The molecule has 6 N–H and O–H groups in total. The summed E-state index contributed by atoms with van der Waals surface area (Å²) in [5, 5.41) is 0. The monoisotopic (exact) mass is 375 g/mol. The Morgan fingerprint density at radius 3 is 1.22 bits per heavy atom. The van der Waals surface area contributed by atoms with Crippen molar-refractivity contribution in [2.24, 2.45) is 0 Å². The number of benzene rings is 1. The minimum Gasteiger partial charge on any atom is -0.398 e. The largest absolute Gasteiger partial charge is 0.398 e. The molecule has 0 saturated carbocycles. The van der Waals surface area contributed by atoms with E-state index in [-0.39, 0.29) is 0 Å². The fourth-order valence-electron chi connectivity index (χ4n) is 3.91. The standard InChI is InChI=1S/C24H45N3/c1-3-5-7-9-11-13-15-17-20-22(25)19-23(26)21(24(20)27)18-16-14-12-10-8-6-4-2/h19H,3-18,25-27H2,1-2H3. The summed E-state index contributed by atoms with van der Waals surface area (Å²) >= 11 is 0. The van der Waals surface area contributed by atoms with Crippen molar-refractivity contribution in [3.05, 3.63) is 17.2 Å². The van der Waals surface area contributed by atoms with Crippen LogP contribution in [0.4, 0.5) is 17.1 Å². The Morgan fingerprint density at radius 2 is 0.852 bits per heavy atom.